The first kappa shape index (κ1) is 13.5. The first-order valence-corrected chi connectivity index (χ1v) is 8.14. The SMILES string of the molecule is O=S(=O)(NC1CC=CC1)c1ccc2nc(Cl)ccc2c1. The number of hydrogen-bond donors (Lipinski definition) is 1. The molecule has 0 spiro atoms. The van der Waals surface area contributed by atoms with Gasteiger partial charge < -0.3 is 0 Å². The van der Waals surface area contributed by atoms with Gasteiger partial charge in [-0.1, -0.05) is 23.8 Å². The number of nitrogens with zero attached hydrogens (tertiary/aromatic N) is 1. The molecule has 0 bridgehead atoms. The van der Waals surface area contributed by atoms with Crippen LogP contribution in [0.5, 0.6) is 0 Å². The molecular weight excluding hydrogens is 296 g/mol. The van der Waals surface area contributed by atoms with E-state index in [0.717, 1.165) is 18.2 Å². The molecule has 1 N–H and O–H groups in total. The van der Waals surface area contributed by atoms with Crippen LogP contribution in [0.4, 0.5) is 0 Å². The Morgan fingerprint density at radius 3 is 2.65 bits per heavy atom. The molecule has 0 unspecified atom stereocenters. The number of benzene rings is 1. The predicted molar refractivity (Wildman–Crippen MR) is 79.2 cm³/mol. The zero-order valence-corrected chi connectivity index (χ0v) is 12.2. The molecule has 0 atom stereocenters. The van der Waals surface area contributed by atoms with E-state index in [4.69, 9.17) is 11.6 Å². The summed E-state index contributed by atoms with van der Waals surface area (Å²) in [5.74, 6) is 0. The summed E-state index contributed by atoms with van der Waals surface area (Å²) in [6.45, 7) is 0. The molecule has 1 aromatic carbocycles. The van der Waals surface area contributed by atoms with Gasteiger partial charge in [-0.2, -0.15) is 0 Å². The fourth-order valence-electron chi connectivity index (χ4n) is 2.25. The summed E-state index contributed by atoms with van der Waals surface area (Å²) < 4.78 is 27.3. The van der Waals surface area contributed by atoms with Crippen molar-refractivity contribution >= 4 is 32.5 Å². The minimum absolute atomic E-state index is 0.0426. The van der Waals surface area contributed by atoms with Crippen LogP contribution in [0.15, 0.2) is 47.4 Å². The van der Waals surface area contributed by atoms with Gasteiger partial charge in [0, 0.05) is 11.4 Å². The lowest BCUT2D eigenvalue weighted by Crippen LogP contribution is -2.32. The van der Waals surface area contributed by atoms with Crippen molar-refractivity contribution in [2.24, 2.45) is 0 Å². The van der Waals surface area contributed by atoms with Gasteiger partial charge in [0.15, 0.2) is 0 Å². The van der Waals surface area contributed by atoms with Gasteiger partial charge in [-0.05, 0) is 43.2 Å². The first-order valence-electron chi connectivity index (χ1n) is 6.28. The summed E-state index contributed by atoms with van der Waals surface area (Å²) in [5, 5.41) is 1.14. The minimum atomic E-state index is -3.50. The molecule has 0 radical (unpaired) electrons. The molecule has 1 heterocycles. The zero-order chi connectivity index (χ0) is 14.2. The van der Waals surface area contributed by atoms with Gasteiger partial charge >= 0.3 is 0 Å². The Morgan fingerprint density at radius 2 is 1.90 bits per heavy atom. The number of aromatic nitrogens is 1. The Hall–Kier alpha value is -1.43. The summed E-state index contributed by atoms with van der Waals surface area (Å²) in [4.78, 5) is 4.39. The largest absolute Gasteiger partial charge is 0.240 e. The smallest absolute Gasteiger partial charge is 0.236 e. The van der Waals surface area contributed by atoms with Crippen molar-refractivity contribution in [3.8, 4) is 0 Å². The van der Waals surface area contributed by atoms with Crippen molar-refractivity contribution in [1.29, 1.82) is 0 Å². The molecule has 3 rings (SSSR count). The van der Waals surface area contributed by atoms with Gasteiger partial charge in [0.25, 0.3) is 0 Å². The number of fused-ring (bicyclic) bond motifs is 1. The summed E-state index contributed by atoms with van der Waals surface area (Å²) in [6, 6.07) is 8.21. The Labute approximate surface area is 122 Å². The van der Waals surface area contributed by atoms with E-state index in [1.165, 1.54) is 0 Å². The highest BCUT2D eigenvalue weighted by molar-refractivity contribution is 7.89. The van der Waals surface area contributed by atoms with E-state index >= 15 is 0 Å². The molecule has 1 aromatic heterocycles. The second kappa shape index (κ2) is 5.16. The van der Waals surface area contributed by atoms with E-state index in [2.05, 4.69) is 9.71 Å². The fraction of sp³-hybridized carbons (Fsp3) is 0.214. The van der Waals surface area contributed by atoms with Crippen LogP contribution in [0.2, 0.25) is 5.15 Å². The molecule has 104 valence electrons. The van der Waals surface area contributed by atoms with E-state index in [-0.39, 0.29) is 10.9 Å². The number of hydrogen-bond acceptors (Lipinski definition) is 3. The quantitative estimate of drug-likeness (QED) is 0.700. The van der Waals surface area contributed by atoms with Gasteiger partial charge in [0.05, 0.1) is 10.4 Å². The average molecular weight is 309 g/mol. The van der Waals surface area contributed by atoms with Crippen molar-refractivity contribution in [2.45, 2.75) is 23.8 Å². The van der Waals surface area contributed by atoms with Gasteiger partial charge in [0.2, 0.25) is 10.0 Å². The Kier molecular flexibility index (Phi) is 3.50. The molecular formula is C14H13ClN2O2S. The monoisotopic (exact) mass is 308 g/mol. The highest BCUT2D eigenvalue weighted by atomic mass is 35.5. The van der Waals surface area contributed by atoms with E-state index in [0.29, 0.717) is 10.7 Å². The number of halogens is 1. The van der Waals surface area contributed by atoms with Crippen molar-refractivity contribution in [3.63, 3.8) is 0 Å². The van der Waals surface area contributed by atoms with Crippen molar-refractivity contribution in [3.05, 3.63) is 47.6 Å². The highest BCUT2D eigenvalue weighted by Crippen LogP contribution is 2.21. The standard InChI is InChI=1S/C14H13ClN2O2S/c15-14-8-5-10-9-12(6-7-13(10)16-14)20(18,19)17-11-3-1-2-4-11/h1-2,5-9,11,17H,3-4H2. The Balaban J connectivity index is 1.94. The number of rotatable bonds is 3. The molecule has 6 heteroatoms. The van der Waals surface area contributed by atoms with Gasteiger partial charge in [-0.15, -0.1) is 0 Å². The predicted octanol–water partition coefficient (Wildman–Crippen LogP) is 2.89. The van der Waals surface area contributed by atoms with Crippen LogP contribution in [0.25, 0.3) is 10.9 Å². The number of nitrogens with one attached hydrogen (secondary N) is 1. The lowest BCUT2D eigenvalue weighted by Gasteiger charge is -2.13. The van der Waals surface area contributed by atoms with E-state index < -0.39 is 10.0 Å². The molecule has 0 saturated carbocycles. The summed E-state index contributed by atoms with van der Waals surface area (Å²) >= 11 is 5.81. The molecule has 0 saturated heterocycles. The van der Waals surface area contributed by atoms with Gasteiger partial charge in [-0.3, -0.25) is 0 Å². The third kappa shape index (κ3) is 2.70. The Morgan fingerprint density at radius 1 is 1.15 bits per heavy atom. The maximum Gasteiger partial charge on any atom is 0.240 e. The van der Waals surface area contributed by atoms with Crippen LogP contribution in [0.3, 0.4) is 0 Å². The van der Waals surface area contributed by atoms with Crippen LogP contribution in [0.1, 0.15) is 12.8 Å². The van der Waals surface area contributed by atoms with Gasteiger partial charge in [-0.25, -0.2) is 18.1 Å². The van der Waals surface area contributed by atoms with Crippen LogP contribution >= 0.6 is 11.6 Å². The van der Waals surface area contributed by atoms with Crippen LogP contribution < -0.4 is 4.72 Å². The van der Waals surface area contributed by atoms with Gasteiger partial charge in [0.1, 0.15) is 5.15 Å². The van der Waals surface area contributed by atoms with E-state index in [1.54, 1.807) is 30.3 Å². The highest BCUT2D eigenvalue weighted by Gasteiger charge is 2.20. The Bertz CT molecular complexity index is 779. The van der Waals surface area contributed by atoms with Crippen molar-refractivity contribution in [2.75, 3.05) is 0 Å². The second-order valence-corrected chi connectivity index (χ2v) is 6.85. The normalized spacial score (nSPS) is 16.1. The molecule has 1 aliphatic carbocycles. The lowest BCUT2D eigenvalue weighted by molar-refractivity contribution is 0.557. The van der Waals surface area contributed by atoms with E-state index in [9.17, 15) is 8.42 Å². The zero-order valence-electron chi connectivity index (χ0n) is 10.6. The second-order valence-electron chi connectivity index (χ2n) is 4.75. The summed E-state index contributed by atoms with van der Waals surface area (Å²) in [5.41, 5.74) is 0.680. The third-order valence-electron chi connectivity index (χ3n) is 3.27. The molecule has 0 amide bonds. The minimum Gasteiger partial charge on any atom is -0.236 e. The number of pyridine rings is 1. The molecule has 0 fully saturated rings. The molecule has 0 aliphatic heterocycles. The average Bonchev–Trinajstić information content (AvgIpc) is 2.90. The van der Waals surface area contributed by atoms with Crippen LogP contribution in [-0.2, 0) is 10.0 Å². The van der Waals surface area contributed by atoms with Crippen LogP contribution in [0, 0.1) is 0 Å². The molecule has 2 aromatic rings. The first-order chi connectivity index (χ1) is 9.54. The summed E-state index contributed by atoms with van der Waals surface area (Å²) in [7, 11) is -3.50. The van der Waals surface area contributed by atoms with Crippen molar-refractivity contribution < 1.29 is 8.42 Å². The molecule has 1 aliphatic rings. The number of sulfonamides is 1. The topological polar surface area (TPSA) is 59.1 Å². The maximum atomic E-state index is 12.3. The lowest BCUT2D eigenvalue weighted by atomic mass is 10.2. The fourth-order valence-corrected chi connectivity index (χ4v) is 3.70. The van der Waals surface area contributed by atoms with Crippen molar-refractivity contribution in [1.82, 2.24) is 9.71 Å². The maximum absolute atomic E-state index is 12.3. The summed E-state index contributed by atoms with van der Waals surface area (Å²) in [6.07, 6.45) is 5.45. The molecule has 4 nitrogen and oxygen atoms in total. The third-order valence-corrected chi connectivity index (χ3v) is 5.00. The molecule has 20 heavy (non-hydrogen) atoms. The van der Waals surface area contributed by atoms with Crippen LogP contribution in [-0.4, -0.2) is 19.4 Å². The van der Waals surface area contributed by atoms with E-state index in [1.807, 2.05) is 12.2 Å².